The second kappa shape index (κ2) is 7.62. The maximum Gasteiger partial charge on any atom is 0.120 e. The summed E-state index contributed by atoms with van der Waals surface area (Å²) in [7, 11) is 1.69. The van der Waals surface area contributed by atoms with Crippen LogP contribution in [-0.4, -0.2) is 13.7 Å². The van der Waals surface area contributed by atoms with E-state index in [0.29, 0.717) is 0 Å². The summed E-state index contributed by atoms with van der Waals surface area (Å²) in [4.78, 5) is 0. The average molecular weight is 348 g/mol. The van der Waals surface area contributed by atoms with Crippen LogP contribution in [0.3, 0.4) is 0 Å². The van der Waals surface area contributed by atoms with E-state index in [1.807, 2.05) is 12.1 Å². The number of hydrogen-bond acceptors (Lipinski definition) is 2. The Morgan fingerprint density at radius 2 is 2.00 bits per heavy atom. The molecule has 1 atom stereocenters. The van der Waals surface area contributed by atoms with Gasteiger partial charge in [0.15, 0.2) is 0 Å². The summed E-state index contributed by atoms with van der Waals surface area (Å²) in [5, 5.41) is 3.57. The Labute approximate surface area is 135 Å². The van der Waals surface area contributed by atoms with Gasteiger partial charge in [0.05, 0.1) is 7.11 Å². The zero-order valence-corrected chi connectivity index (χ0v) is 14.4. The first-order valence-electron chi connectivity index (χ1n) is 7.26. The number of methoxy groups -OCH3 is 1. The number of rotatable bonds is 6. The van der Waals surface area contributed by atoms with Gasteiger partial charge in [-0.2, -0.15) is 0 Å². The lowest BCUT2D eigenvalue weighted by Gasteiger charge is -2.20. The molecule has 2 aromatic carbocycles. The third-order valence-electron chi connectivity index (χ3n) is 3.56. The van der Waals surface area contributed by atoms with Crippen LogP contribution in [0.2, 0.25) is 0 Å². The van der Waals surface area contributed by atoms with Gasteiger partial charge in [0, 0.05) is 10.5 Å². The Kier molecular flexibility index (Phi) is 5.83. The summed E-state index contributed by atoms with van der Waals surface area (Å²) in [6.07, 6.45) is 0.973. The first kappa shape index (κ1) is 16.1. The van der Waals surface area contributed by atoms with Gasteiger partial charge in [-0.1, -0.05) is 58.7 Å². The van der Waals surface area contributed by atoms with Gasteiger partial charge in [0.1, 0.15) is 5.75 Å². The van der Waals surface area contributed by atoms with Crippen molar-refractivity contribution in [2.75, 3.05) is 13.7 Å². The van der Waals surface area contributed by atoms with E-state index in [1.54, 1.807) is 7.11 Å². The molecule has 0 saturated carbocycles. The minimum absolute atomic E-state index is 0.289. The monoisotopic (exact) mass is 347 g/mol. The molecule has 2 aromatic rings. The van der Waals surface area contributed by atoms with E-state index >= 15 is 0 Å². The van der Waals surface area contributed by atoms with Crippen molar-refractivity contribution in [3.05, 3.63) is 63.6 Å². The third kappa shape index (κ3) is 4.32. The molecule has 0 aliphatic carbocycles. The maximum absolute atomic E-state index is 5.27. The molecule has 0 aliphatic rings. The van der Waals surface area contributed by atoms with Crippen molar-refractivity contribution in [3.8, 4) is 5.75 Å². The summed E-state index contributed by atoms with van der Waals surface area (Å²) in [5.74, 6) is 0.872. The summed E-state index contributed by atoms with van der Waals surface area (Å²) in [5.41, 5.74) is 3.92. The zero-order valence-electron chi connectivity index (χ0n) is 12.8. The van der Waals surface area contributed by atoms with Crippen molar-refractivity contribution in [2.24, 2.45) is 0 Å². The molecule has 2 rings (SSSR count). The van der Waals surface area contributed by atoms with Gasteiger partial charge in [0.25, 0.3) is 0 Å². The molecule has 0 spiro atoms. The number of likely N-dealkylation sites (N-methyl/N-ethyl adjacent to an activating group) is 1. The van der Waals surface area contributed by atoms with E-state index < -0.39 is 0 Å². The number of halogens is 1. The highest BCUT2D eigenvalue weighted by molar-refractivity contribution is 9.10. The molecule has 0 aromatic heterocycles. The Morgan fingerprint density at radius 1 is 1.19 bits per heavy atom. The van der Waals surface area contributed by atoms with Crippen LogP contribution < -0.4 is 10.1 Å². The van der Waals surface area contributed by atoms with Crippen LogP contribution in [0.15, 0.2) is 46.9 Å². The Morgan fingerprint density at radius 3 is 2.62 bits per heavy atom. The molecular formula is C18H22BrNO. The largest absolute Gasteiger partial charge is 0.497 e. The molecule has 0 fully saturated rings. The number of benzene rings is 2. The molecule has 112 valence electrons. The van der Waals surface area contributed by atoms with Gasteiger partial charge in [-0.3, -0.25) is 0 Å². The smallest absolute Gasteiger partial charge is 0.120 e. The molecule has 0 bridgehead atoms. The van der Waals surface area contributed by atoms with Gasteiger partial charge < -0.3 is 10.1 Å². The van der Waals surface area contributed by atoms with Gasteiger partial charge in [-0.25, -0.2) is 0 Å². The normalized spacial score (nSPS) is 12.2. The highest BCUT2D eigenvalue weighted by Crippen LogP contribution is 2.29. The first-order chi connectivity index (χ1) is 10.1. The molecule has 21 heavy (non-hydrogen) atoms. The topological polar surface area (TPSA) is 21.3 Å². The maximum atomic E-state index is 5.27. The lowest BCUT2D eigenvalue weighted by molar-refractivity contribution is 0.414. The predicted molar refractivity (Wildman–Crippen MR) is 92.0 cm³/mol. The minimum Gasteiger partial charge on any atom is -0.497 e. The third-order valence-corrected chi connectivity index (χ3v) is 4.24. The van der Waals surface area contributed by atoms with E-state index in [-0.39, 0.29) is 6.04 Å². The van der Waals surface area contributed by atoms with Crippen molar-refractivity contribution < 1.29 is 4.74 Å². The number of aryl methyl sites for hydroxylation is 1. The van der Waals surface area contributed by atoms with Gasteiger partial charge >= 0.3 is 0 Å². The van der Waals surface area contributed by atoms with Gasteiger partial charge in [-0.15, -0.1) is 0 Å². The van der Waals surface area contributed by atoms with Crippen LogP contribution in [0.1, 0.15) is 29.7 Å². The van der Waals surface area contributed by atoms with E-state index in [2.05, 4.69) is 65.4 Å². The predicted octanol–water partition coefficient (Wildman–Crippen LogP) is 4.66. The quantitative estimate of drug-likeness (QED) is 0.820. The second-order valence-corrected chi connectivity index (χ2v) is 6.05. The lowest BCUT2D eigenvalue weighted by atomic mass is 9.97. The molecule has 0 aliphatic heterocycles. The fourth-order valence-corrected chi connectivity index (χ4v) is 3.16. The van der Waals surface area contributed by atoms with Crippen molar-refractivity contribution in [2.45, 2.75) is 26.3 Å². The van der Waals surface area contributed by atoms with E-state index in [4.69, 9.17) is 4.74 Å². The highest BCUT2D eigenvalue weighted by Gasteiger charge is 2.15. The van der Waals surface area contributed by atoms with E-state index in [1.165, 1.54) is 16.7 Å². The van der Waals surface area contributed by atoms with Crippen molar-refractivity contribution in [1.29, 1.82) is 0 Å². The fraction of sp³-hybridized carbons (Fsp3) is 0.333. The van der Waals surface area contributed by atoms with Crippen molar-refractivity contribution >= 4 is 15.9 Å². The number of ether oxygens (including phenoxy) is 1. The summed E-state index contributed by atoms with van der Waals surface area (Å²) in [6, 6.07) is 15.2. The lowest BCUT2D eigenvalue weighted by Crippen LogP contribution is -2.23. The summed E-state index contributed by atoms with van der Waals surface area (Å²) >= 11 is 3.67. The summed E-state index contributed by atoms with van der Waals surface area (Å²) < 4.78 is 6.36. The van der Waals surface area contributed by atoms with Crippen LogP contribution in [0, 0.1) is 6.92 Å². The van der Waals surface area contributed by atoms with Crippen LogP contribution in [0.5, 0.6) is 5.75 Å². The molecule has 2 nitrogen and oxygen atoms in total. The minimum atomic E-state index is 0.289. The van der Waals surface area contributed by atoms with Crippen molar-refractivity contribution in [1.82, 2.24) is 5.32 Å². The molecule has 0 amide bonds. The van der Waals surface area contributed by atoms with Crippen LogP contribution in [-0.2, 0) is 6.42 Å². The second-order valence-electron chi connectivity index (χ2n) is 5.19. The Bertz CT molecular complexity index is 598. The first-order valence-corrected chi connectivity index (χ1v) is 8.05. The molecule has 0 heterocycles. The van der Waals surface area contributed by atoms with Crippen LogP contribution in [0.4, 0.5) is 0 Å². The van der Waals surface area contributed by atoms with Crippen LogP contribution in [0.25, 0.3) is 0 Å². The molecule has 3 heteroatoms. The van der Waals surface area contributed by atoms with Crippen LogP contribution >= 0.6 is 15.9 Å². The fourth-order valence-electron chi connectivity index (χ4n) is 2.53. The standard InChI is InChI=1S/C18H22BrNO/c1-4-20-18(11-14-7-5-6-13(2)10-14)16-9-8-15(21-3)12-17(16)19/h5-10,12,18,20H,4,11H2,1-3H3. The molecule has 1 N–H and O–H groups in total. The van der Waals surface area contributed by atoms with E-state index in [9.17, 15) is 0 Å². The van der Waals surface area contributed by atoms with E-state index in [0.717, 1.165) is 23.2 Å². The number of nitrogens with one attached hydrogen (secondary N) is 1. The molecular weight excluding hydrogens is 326 g/mol. The SMILES string of the molecule is CCNC(Cc1cccc(C)c1)c1ccc(OC)cc1Br. The Hall–Kier alpha value is -1.32. The Balaban J connectivity index is 2.26. The number of hydrogen-bond donors (Lipinski definition) is 1. The van der Waals surface area contributed by atoms with Gasteiger partial charge in [-0.05, 0) is 43.1 Å². The molecule has 1 unspecified atom stereocenters. The van der Waals surface area contributed by atoms with Gasteiger partial charge in [0.2, 0.25) is 0 Å². The zero-order chi connectivity index (χ0) is 15.2. The average Bonchev–Trinajstić information content (AvgIpc) is 2.47. The molecule has 0 radical (unpaired) electrons. The van der Waals surface area contributed by atoms with Crippen molar-refractivity contribution in [3.63, 3.8) is 0 Å². The molecule has 0 saturated heterocycles. The summed E-state index contributed by atoms with van der Waals surface area (Å²) in [6.45, 7) is 5.21. The highest BCUT2D eigenvalue weighted by atomic mass is 79.9.